The Balaban J connectivity index is 0.000000151. The number of fused-ring (bicyclic) bond motifs is 2. The molecule has 344 valence electrons. The van der Waals surface area contributed by atoms with Crippen molar-refractivity contribution in [1.29, 1.82) is 0 Å². The molecule has 67 heavy (non-hydrogen) atoms. The van der Waals surface area contributed by atoms with E-state index in [1.807, 2.05) is 44.2 Å². The van der Waals surface area contributed by atoms with Crippen LogP contribution in [0.2, 0.25) is 10.3 Å². The first-order chi connectivity index (χ1) is 32.4. The fourth-order valence-corrected chi connectivity index (χ4v) is 8.36. The van der Waals surface area contributed by atoms with Crippen LogP contribution >= 0.6 is 39.1 Å². The highest BCUT2D eigenvalue weighted by atomic mass is 79.9. The quantitative estimate of drug-likeness (QED) is 0.121. The summed E-state index contributed by atoms with van der Waals surface area (Å²) in [6, 6.07) is 18.7. The zero-order valence-corrected chi connectivity index (χ0v) is 39.1. The molecule has 8 aromatic rings. The van der Waals surface area contributed by atoms with Gasteiger partial charge in [-0.05, 0) is 71.7 Å². The third-order valence-corrected chi connectivity index (χ3v) is 12.5. The highest BCUT2D eigenvalue weighted by Crippen LogP contribution is 2.39. The van der Waals surface area contributed by atoms with E-state index in [2.05, 4.69) is 61.0 Å². The molecule has 0 amide bonds. The van der Waals surface area contributed by atoms with Crippen molar-refractivity contribution in [3.63, 3.8) is 0 Å². The number of morpholine rings is 2. The number of pyridine rings is 6. The Hall–Kier alpha value is -6.24. The number of hydrogen-bond acceptors (Lipinski definition) is 12. The van der Waals surface area contributed by atoms with Gasteiger partial charge in [-0.2, -0.15) is 0 Å². The van der Waals surface area contributed by atoms with Gasteiger partial charge in [0.05, 0.1) is 112 Å². The number of nitrogen functional groups attached to an aromatic ring is 1. The van der Waals surface area contributed by atoms with Gasteiger partial charge in [-0.15, -0.1) is 0 Å². The van der Waals surface area contributed by atoms with Crippen molar-refractivity contribution in [3.8, 4) is 22.8 Å². The molecule has 2 aromatic carbocycles. The summed E-state index contributed by atoms with van der Waals surface area (Å²) < 4.78 is 67.5. The van der Waals surface area contributed by atoms with E-state index in [4.69, 9.17) is 38.4 Å². The molecule has 0 bridgehead atoms. The van der Waals surface area contributed by atoms with Crippen LogP contribution < -0.4 is 20.9 Å². The summed E-state index contributed by atoms with van der Waals surface area (Å²) in [6.07, 6.45) is 6.74. The van der Waals surface area contributed by atoms with Gasteiger partial charge in [-0.1, -0.05) is 35.3 Å². The lowest BCUT2D eigenvalue weighted by molar-refractivity contribution is 0.122. The second-order valence-corrected chi connectivity index (χ2v) is 16.8. The van der Waals surface area contributed by atoms with E-state index in [0.29, 0.717) is 68.2 Å². The lowest BCUT2D eigenvalue weighted by Crippen LogP contribution is -2.36. The van der Waals surface area contributed by atoms with Crippen molar-refractivity contribution in [2.24, 2.45) is 0 Å². The summed E-state index contributed by atoms with van der Waals surface area (Å²) in [5.41, 5.74) is 13.3. The third kappa shape index (κ3) is 10.8. The van der Waals surface area contributed by atoms with Gasteiger partial charge in [-0.3, -0.25) is 9.97 Å². The minimum atomic E-state index is -0.718. The van der Waals surface area contributed by atoms with Gasteiger partial charge in [0.25, 0.3) is 0 Å². The zero-order chi connectivity index (χ0) is 47.2. The summed E-state index contributed by atoms with van der Waals surface area (Å²) in [5.74, 6) is -2.70. The topological polar surface area (TPSA) is 140 Å². The van der Waals surface area contributed by atoms with Crippen LogP contribution in [0, 0.1) is 37.1 Å². The van der Waals surface area contributed by atoms with E-state index in [1.165, 1.54) is 12.1 Å². The number of aromatic nitrogens is 6. The molecule has 0 atom stereocenters. The predicted molar refractivity (Wildman–Crippen MR) is 259 cm³/mol. The van der Waals surface area contributed by atoms with Crippen LogP contribution in [0.25, 0.3) is 44.6 Å². The number of nitrogens with two attached hydrogens (primary N) is 1. The maximum atomic E-state index is 15.0. The number of hydrogen-bond donors (Lipinski definition) is 2. The molecule has 2 aliphatic heterocycles. The lowest BCUT2D eigenvalue weighted by Gasteiger charge is -2.29. The fourth-order valence-electron chi connectivity index (χ4n) is 7.53. The van der Waals surface area contributed by atoms with Crippen LogP contribution in [0.4, 0.5) is 46.0 Å². The maximum absolute atomic E-state index is 15.0. The van der Waals surface area contributed by atoms with Crippen LogP contribution in [-0.4, -0.2) is 82.5 Å². The standard InChI is InChI=1S/C24H20ClF2N5O.C15H9BrF2N2.C9H12ClN3O/c1-14-22(18-4-2-3-5-28-18)30-19-11-15(26)10-17(27)21(19)23(14)31-20-12-16(13-29-24(20)25)32-6-8-33-9-7-32;1-8-14(16)13-10(18)6-9(17)7-12(13)20-15(8)11-4-2-3-5-19-11;10-9-8(11)5-7(6-12-9)13-1-3-14-4-2-13/h2-5,10-13H,6-9H2,1H3,(H,30,31);2-7H,1H3;5-6H,1-4,11H2. The van der Waals surface area contributed by atoms with E-state index >= 15 is 0 Å². The van der Waals surface area contributed by atoms with E-state index < -0.39 is 23.3 Å². The van der Waals surface area contributed by atoms with Gasteiger partial charge >= 0.3 is 0 Å². The summed E-state index contributed by atoms with van der Waals surface area (Å²) in [5, 5.41) is 4.30. The van der Waals surface area contributed by atoms with Crippen molar-refractivity contribution in [2.75, 3.05) is 73.5 Å². The van der Waals surface area contributed by atoms with Crippen molar-refractivity contribution in [2.45, 2.75) is 13.8 Å². The van der Waals surface area contributed by atoms with Crippen molar-refractivity contribution in [3.05, 3.63) is 147 Å². The molecule has 0 spiro atoms. The van der Waals surface area contributed by atoms with Crippen molar-refractivity contribution >= 4 is 89.4 Å². The van der Waals surface area contributed by atoms with Crippen LogP contribution in [0.3, 0.4) is 0 Å². The second-order valence-electron chi connectivity index (χ2n) is 15.3. The van der Waals surface area contributed by atoms with Gasteiger partial charge in [0.1, 0.15) is 23.3 Å². The highest BCUT2D eigenvalue weighted by Gasteiger charge is 2.21. The van der Waals surface area contributed by atoms with Gasteiger partial charge in [-0.25, -0.2) is 37.5 Å². The molecule has 0 unspecified atom stereocenters. The largest absolute Gasteiger partial charge is 0.396 e. The first-order valence-electron chi connectivity index (χ1n) is 20.9. The van der Waals surface area contributed by atoms with Gasteiger partial charge < -0.3 is 30.3 Å². The monoisotopic (exact) mass is 1010 g/mol. The van der Waals surface area contributed by atoms with E-state index in [-0.39, 0.29) is 27.0 Å². The smallest absolute Gasteiger partial charge is 0.152 e. The van der Waals surface area contributed by atoms with E-state index in [9.17, 15) is 17.6 Å². The van der Waals surface area contributed by atoms with Crippen molar-refractivity contribution < 1.29 is 27.0 Å². The Bertz CT molecular complexity index is 3060. The van der Waals surface area contributed by atoms with E-state index in [0.717, 1.165) is 68.5 Å². The lowest BCUT2D eigenvalue weighted by atomic mass is 10.0. The number of halogens is 7. The molecule has 0 aliphatic carbocycles. The Morgan fingerprint density at radius 1 is 0.627 bits per heavy atom. The minimum absolute atomic E-state index is 0.168. The number of anilines is 5. The van der Waals surface area contributed by atoms with Gasteiger partial charge in [0.2, 0.25) is 0 Å². The van der Waals surface area contributed by atoms with Crippen LogP contribution in [-0.2, 0) is 9.47 Å². The third-order valence-electron chi connectivity index (χ3n) is 10.9. The molecule has 12 nitrogen and oxygen atoms in total. The Morgan fingerprint density at radius 2 is 1.12 bits per heavy atom. The first-order valence-corrected chi connectivity index (χ1v) is 22.5. The molecular weight excluding hydrogens is 975 g/mol. The molecule has 10 rings (SSSR count). The van der Waals surface area contributed by atoms with Gasteiger partial charge in [0.15, 0.2) is 10.3 Å². The van der Waals surface area contributed by atoms with Crippen LogP contribution in [0.5, 0.6) is 0 Å². The fraction of sp³-hybridized carbons (Fsp3) is 0.208. The molecule has 0 saturated carbocycles. The SMILES string of the molecule is Cc1c(-c2ccccn2)nc2cc(F)cc(F)c2c1Br.Cc1c(-c2ccccn2)nc2cc(F)cc(F)c2c1Nc1cc(N2CCOCC2)cnc1Cl.Nc1cc(N2CCOCC2)cnc1Cl. The molecule has 2 aliphatic rings. The number of nitrogens with one attached hydrogen (secondary N) is 1. The van der Waals surface area contributed by atoms with Crippen LogP contribution in [0.1, 0.15) is 11.1 Å². The number of nitrogens with zero attached hydrogens (tertiary/aromatic N) is 8. The molecule has 19 heteroatoms. The Kier molecular flexibility index (Phi) is 14.9. The average Bonchev–Trinajstić information content (AvgIpc) is 3.33. The molecule has 2 saturated heterocycles. The Labute approximate surface area is 401 Å². The highest BCUT2D eigenvalue weighted by molar-refractivity contribution is 9.10. The second kappa shape index (κ2) is 21.2. The average molecular weight is 1020 g/mol. The van der Waals surface area contributed by atoms with Crippen molar-refractivity contribution in [1.82, 2.24) is 29.9 Å². The number of ether oxygens (including phenoxy) is 2. The van der Waals surface area contributed by atoms with Gasteiger partial charge in [0, 0.05) is 72.9 Å². The summed E-state index contributed by atoms with van der Waals surface area (Å²) in [4.78, 5) is 30.1. The zero-order valence-electron chi connectivity index (χ0n) is 36.0. The molecule has 8 heterocycles. The minimum Gasteiger partial charge on any atom is -0.396 e. The number of rotatable bonds is 6. The molecule has 0 radical (unpaired) electrons. The predicted octanol–water partition coefficient (Wildman–Crippen LogP) is 11.3. The molecule has 2 fully saturated rings. The van der Waals surface area contributed by atoms with E-state index in [1.54, 1.807) is 43.0 Å². The molecular formula is C48H41BrCl2F4N10O2. The maximum Gasteiger partial charge on any atom is 0.152 e. The summed E-state index contributed by atoms with van der Waals surface area (Å²) >= 11 is 15.5. The molecule has 6 aromatic heterocycles. The molecule has 3 N–H and O–H groups in total. The normalized spacial score (nSPS) is 13.7. The Morgan fingerprint density at radius 3 is 1.64 bits per heavy atom. The summed E-state index contributed by atoms with van der Waals surface area (Å²) in [6.45, 7) is 9.62. The summed E-state index contributed by atoms with van der Waals surface area (Å²) in [7, 11) is 0. The number of benzene rings is 2. The first kappa shape index (κ1) is 47.3. The van der Waals surface area contributed by atoms with Crippen LogP contribution in [0.15, 0.2) is 102 Å².